The van der Waals surface area contributed by atoms with Crippen LogP contribution in [0.15, 0.2) is 24.3 Å². The molecular formula is C47H88O5. The molecule has 1 unspecified atom stereocenters. The Hall–Kier alpha value is -1.62. The second-order valence-corrected chi connectivity index (χ2v) is 15.3. The summed E-state index contributed by atoms with van der Waals surface area (Å²) in [5, 5.41) is 0. The largest absolute Gasteiger partial charge is 0.462 e. The Kier molecular flexibility index (Phi) is 42.4. The molecule has 5 nitrogen and oxygen atoms in total. The van der Waals surface area contributed by atoms with E-state index in [9.17, 15) is 9.59 Å². The average Bonchev–Trinajstić information content (AvgIpc) is 3.14. The van der Waals surface area contributed by atoms with Crippen molar-refractivity contribution in [2.45, 2.75) is 245 Å². The van der Waals surface area contributed by atoms with Gasteiger partial charge >= 0.3 is 11.9 Å². The standard InChI is InChI=1S/C47H88O5/c1-4-7-10-13-16-18-20-22-24-25-27-29-32-34-37-40-46(48)51-44-45(52-47(49)41-38-35-31-15-12-9-6-3)43-50-42-39-36-33-30-28-26-23-21-19-17-14-11-8-5-2/h11,14,19,21,45H,4-10,12-13,15-18,20,22-44H2,1-3H3/b14-11-,21-19-. The number of carbonyl (C=O) groups is 2. The molecule has 306 valence electrons. The molecule has 0 aromatic rings. The van der Waals surface area contributed by atoms with Gasteiger partial charge in [-0.25, -0.2) is 0 Å². The van der Waals surface area contributed by atoms with Crippen LogP contribution in [0.25, 0.3) is 0 Å². The number of carbonyl (C=O) groups excluding carboxylic acids is 2. The van der Waals surface area contributed by atoms with Crippen LogP contribution in [-0.4, -0.2) is 37.9 Å². The van der Waals surface area contributed by atoms with E-state index in [1.165, 1.54) is 161 Å². The van der Waals surface area contributed by atoms with Gasteiger partial charge in [0.2, 0.25) is 0 Å². The molecule has 0 fully saturated rings. The second kappa shape index (κ2) is 43.8. The number of hydrogen-bond donors (Lipinski definition) is 0. The first-order valence-electron chi connectivity index (χ1n) is 22.9. The van der Waals surface area contributed by atoms with Crippen molar-refractivity contribution in [2.75, 3.05) is 19.8 Å². The topological polar surface area (TPSA) is 61.8 Å². The Bertz CT molecular complexity index is 791. The molecule has 1 atom stereocenters. The number of esters is 2. The third-order valence-electron chi connectivity index (χ3n) is 9.97. The molecule has 0 aliphatic rings. The zero-order valence-electron chi connectivity index (χ0n) is 35.1. The highest BCUT2D eigenvalue weighted by Gasteiger charge is 2.17. The van der Waals surface area contributed by atoms with Crippen LogP contribution in [0.5, 0.6) is 0 Å². The Labute approximate surface area is 324 Å². The van der Waals surface area contributed by atoms with E-state index in [2.05, 4.69) is 45.1 Å². The van der Waals surface area contributed by atoms with Crippen molar-refractivity contribution in [3.8, 4) is 0 Å². The molecule has 0 heterocycles. The molecule has 0 aliphatic carbocycles. The van der Waals surface area contributed by atoms with E-state index in [1.54, 1.807) is 0 Å². The molecule has 0 N–H and O–H groups in total. The van der Waals surface area contributed by atoms with Crippen molar-refractivity contribution >= 4 is 11.9 Å². The predicted molar refractivity (Wildman–Crippen MR) is 224 cm³/mol. The summed E-state index contributed by atoms with van der Waals surface area (Å²) in [5.41, 5.74) is 0. The fourth-order valence-electron chi connectivity index (χ4n) is 6.55. The molecule has 52 heavy (non-hydrogen) atoms. The van der Waals surface area contributed by atoms with Crippen LogP contribution in [0.3, 0.4) is 0 Å². The predicted octanol–water partition coefficient (Wildman–Crippen LogP) is 14.9. The van der Waals surface area contributed by atoms with Gasteiger partial charge in [0.05, 0.1) is 6.61 Å². The molecular weight excluding hydrogens is 645 g/mol. The zero-order chi connectivity index (χ0) is 37.8. The van der Waals surface area contributed by atoms with Crippen molar-refractivity contribution in [1.29, 1.82) is 0 Å². The van der Waals surface area contributed by atoms with Crippen molar-refractivity contribution in [3.63, 3.8) is 0 Å². The molecule has 0 spiro atoms. The summed E-state index contributed by atoms with van der Waals surface area (Å²) in [6.45, 7) is 7.74. The number of unbranched alkanes of at least 4 members (excludes halogenated alkanes) is 27. The first-order valence-corrected chi connectivity index (χ1v) is 22.9. The quantitative estimate of drug-likeness (QED) is 0.0355. The van der Waals surface area contributed by atoms with Gasteiger partial charge in [-0.05, 0) is 44.9 Å². The number of allylic oxidation sites excluding steroid dienone is 4. The Morgan fingerprint density at radius 3 is 1.35 bits per heavy atom. The van der Waals surface area contributed by atoms with Crippen molar-refractivity contribution in [3.05, 3.63) is 24.3 Å². The minimum Gasteiger partial charge on any atom is -0.462 e. The van der Waals surface area contributed by atoms with Crippen molar-refractivity contribution < 1.29 is 23.8 Å². The maximum atomic E-state index is 12.6. The Balaban J connectivity index is 4.13. The zero-order valence-corrected chi connectivity index (χ0v) is 35.1. The monoisotopic (exact) mass is 733 g/mol. The number of ether oxygens (including phenoxy) is 3. The van der Waals surface area contributed by atoms with E-state index in [0.29, 0.717) is 19.4 Å². The lowest BCUT2D eigenvalue weighted by Crippen LogP contribution is -2.30. The van der Waals surface area contributed by atoms with Crippen LogP contribution in [-0.2, 0) is 23.8 Å². The summed E-state index contributed by atoms with van der Waals surface area (Å²) < 4.78 is 17.3. The highest BCUT2D eigenvalue weighted by molar-refractivity contribution is 5.70. The molecule has 0 saturated heterocycles. The summed E-state index contributed by atoms with van der Waals surface area (Å²) in [6, 6.07) is 0. The van der Waals surface area contributed by atoms with Crippen LogP contribution < -0.4 is 0 Å². The fraction of sp³-hybridized carbons (Fsp3) is 0.872. The van der Waals surface area contributed by atoms with Crippen molar-refractivity contribution in [2.24, 2.45) is 0 Å². The maximum Gasteiger partial charge on any atom is 0.306 e. The van der Waals surface area contributed by atoms with E-state index >= 15 is 0 Å². The van der Waals surface area contributed by atoms with Gasteiger partial charge in [-0.2, -0.15) is 0 Å². The minimum absolute atomic E-state index is 0.0871. The summed E-state index contributed by atoms with van der Waals surface area (Å²) in [6.07, 6.45) is 49.0. The maximum absolute atomic E-state index is 12.6. The minimum atomic E-state index is -0.530. The normalized spacial score (nSPS) is 12.3. The molecule has 5 heteroatoms. The van der Waals surface area contributed by atoms with Gasteiger partial charge in [0.1, 0.15) is 6.61 Å². The van der Waals surface area contributed by atoms with Gasteiger partial charge < -0.3 is 14.2 Å². The third kappa shape index (κ3) is 41.1. The third-order valence-corrected chi connectivity index (χ3v) is 9.97. The molecule has 0 aromatic carbocycles. The fourth-order valence-corrected chi connectivity index (χ4v) is 6.55. The number of hydrogen-bond acceptors (Lipinski definition) is 5. The van der Waals surface area contributed by atoms with Gasteiger partial charge in [0.15, 0.2) is 6.10 Å². The molecule has 0 saturated carbocycles. The SMILES string of the molecule is CCC/C=C\C/C=C\CCCCCCCCOCC(COC(=O)CCCCCCCCCCCCCCCCC)OC(=O)CCCCCCCCC. The molecule has 0 aromatic heterocycles. The first kappa shape index (κ1) is 50.4. The summed E-state index contributed by atoms with van der Waals surface area (Å²) in [7, 11) is 0. The lowest BCUT2D eigenvalue weighted by molar-refractivity contribution is -0.163. The summed E-state index contributed by atoms with van der Waals surface area (Å²) in [5.74, 6) is -0.398. The second-order valence-electron chi connectivity index (χ2n) is 15.3. The Morgan fingerprint density at radius 2 is 0.846 bits per heavy atom. The number of rotatable bonds is 42. The van der Waals surface area contributed by atoms with Crippen LogP contribution in [0.1, 0.15) is 239 Å². The molecule has 0 rings (SSSR count). The van der Waals surface area contributed by atoms with Gasteiger partial charge in [-0.1, -0.05) is 206 Å². The van der Waals surface area contributed by atoms with Crippen LogP contribution in [0.2, 0.25) is 0 Å². The van der Waals surface area contributed by atoms with Gasteiger partial charge in [-0.3, -0.25) is 9.59 Å². The smallest absolute Gasteiger partial charge is 0.306 e. The molecule has 0 bridgehead atoms. The lowest BCUT2D eigenvalue weighted by atomic mass is 10.0. The van der Waals surface area contributed by atoms with Gasteiger partial charge in [0.25, 0.3) is 0 Å². The Morgan fingerprint density at radius 1 is 0.423 bits per heavy atom. The van der Waals surface area contributed by atoms with Crippen LogP contribution in [0, 0.1) is 0 Å². The first-order chi connectivity index (χ1) is 25.6. The molecule has 0 radical (unpaired) electrons. The highest BCUT2D eigenvalue weighted by Crippen LogP contribution is 2.15. The van der Waals surface area contributed by atoms with Crippen LogP contribution in [0.4, 0.5) is 0 Å². The average molecular weight is 733 g/mol. The van der Waals surface area contributed by atoms with Gasteiger partial charge in [-0.15, -0.1) is 0 Å². The van der Waals surface area contributed by atoms with E-state index < -0.39 is 6.10 Å². The summed E-state index contributed by atoms with van der Waals surface area (Å²) >= 11 is 0. The van der Waals surface area contributed by atoms with E-state index in [1.807, 2.05) is 0 Å². The van der Waals surface area contributed by atoms with Crippen LogP contribution >= 0.6 is 0 Å². The van der Waals surface area contributed by atoms with E-state index in [-0.39, 0.29) is 25.2 Å². The lowest BCUT2D eigenvalue weighted by Gasteiger charge is -2.18. The van der Waals surface area contributed by atoms with Crippen molar-refractivity contribution in [1.82, 2.24) is 0 Å². The summed E-state index contributed by atoms with van der Waals surface area (Å²) in [4.78, 5) is 25.1. The van der Waals surface area contributed by atoms with Gasteiger partial charge in [0, 0.05) is 19.4 Å². The van der Waals surface area contributed by atoms with E-state index in [4.69, 9.17) is 14.2 Å². The highest BCUT2D eigenvalue weighted by atomic mass is 16.6. The van der Waals surface area contributed by atoms with E-state index in [0.717, 1.165) is 44.9 Å². The molecule has 0 aliphatic heterocycles. The molecule has 0 amide bonds.